The first-order valence-electron chi connectivity index (χ1n) is 1.98. The molecule has 2 radical (unpaired) electrons. The number of aliphatic imine (C=N–C) groups is 1. The quantitative estimate of drug-likeness (QED) is 0.511. The maximum absolute atomic E-state index is 3.83. The van der Waals surface area contributed by atoms with Gasteiger partial charge in [0.2, 0.25) is 0 Å². The first kappa shape index (κ1) is 5.25. The van der Waals surface area contributed by atoms with E-state index in [1.807, 2.05) is 11.9 Å². The Hall–Kier alpha value is 0.110. The highest BCUT2D eigenvalue weighted by Gasteiger charge is 2.08. The molecular weight excluding hydrogens is 156 g/mol. The lowest BCUT2D eigenvalue weighted by Gasteiger charge is -1.98. The lowest BCUT2D eigenvalue weighted by atomic mass is 10.7. The van der Waals surface area contributed by atoms with Crippen LogP contribution in [0, 0.1) is 6.67 Å². The molecule has 0 atom stereocenters. The molecule has 0 aromatic rings. The molecule has 0 fully saturated rings. The fraction of sp³-hybridized carbons (Fsp3) is 0.500. The molecule has 0 aromatic heterocycles. The molecule has 3 heteroatoms. The number of rotatable bonds is 0. The standard InChI is InChI=1S/C4H5BrN2/c1-7-2-4(5)6-3-7/h2H2,1H3. The molecule has 7 heavy (non-hydrogen) atoms. The van der Waals surface area contributed by atoms with Gasteiger partial charge in [-0.05, 0) is 23.0 Å². The molecule has 1 rings (SSSR count). The van der Waals surface area contributed by atoms with E-state index in [-0.39, 0.29) is 0 Å². The highest BCUT2D eigenvalue weighted by molar-refractivity contribution is 9.18. The first-order chi connectivity index (χ1) is 3.29. The van der Waals surface area contributed by atoms with Crippen LogP contribution in [0.3, 0.4) is 0 Å². The second kappa shape index (κ2) is 1.92. The molecule has 0 unspecified atom stereocenters. The van der Waals surface area contributed by atoms with Gasteiger partial charge >= 0.3 is 0 Å². The van der Waals surface area contributed by atoms with Gasteiger partial charge in [-0.2, -0.15) is 0 Å². The molecule has 38 valence electrons. The van der Waals surface area contributed by atoms with Crippen molar-refractivity contribution in [3.63, 3.8) is 0 Å². The molecule has 0 aromatic carbocycles. The molecule has 0 bridgehead atoms. The zero-order valence-corrected chi connectivity index (χ0v) is 5.57. The SMILES string of the molecule is CN1[C]N=C(Br)C1. The first-order valence-corrected chi connectivity index (χ1v) is 2.77. The van der Waals surface area contributed by atoms with Gasteiger partial charge in [0.25, 0.3) is 0 Å². The summed E-state index contributed by atoms with van der Waals surface area (Å²) >= 11 is 3.22. The molecule has 1 aliphatic rings. The summed E-state index contributed by atoms with van der Waals surface area (Å²) < 4.78 is 0.954. The Labute approximate surface area is 51.4 Å². The smallest absolute Gasteiger partial charge is 0.199 e. The van der Waals surface area contributed by atoms with E-state index in [0.29, 0.717) is 0 Å². The molecule has 0 aliphatic carbocycles. The van der Waals surface area contributed by atoms with Gasteiger partial charge in [0, 0.05) is 6.54 Å². The zero-order chi connectivity index (χ0) is 5.28. The summed E-state index contributed by atoms with van der Waals surface area (Å²) in [4.78, 5) is 5.71. The van der Waals surface area contributed by atoms with Crippen molar-refractivity contribution >= 4 is 20.6 Å². The molecule has 0 N–H and O–H groups in total. The largest absolute Gasteiger partial charge is 0.269 e. The summed E-state index contributed by atoms with van der Waals surface area (Å²) in [5.41, 5.74) is 0. The zero-order valence-electron chi connectivity index (χ0n) is 3.98. The van der Waals surface area contributed by atoms with Gasteiger partial charge in [0.1, 0.15) is 0 Å². The summed E-state index contributed by atoms with van der Waals surface area (Å²) in [7, 11) is 1.93. The second-order valence-electron chi connectivity index (χ2n) is 1.44. The lowest BCUT2D eigenvalue weighted by molar-refractivity contribution is 0.489. The van der Waals surface area contributed by atoms with Crippen LogP contribution in [0.1, 0.15) is 0 Å². The molecule has 1 aliphatic heterocycles. The van der Waals surface area contributed by atoms with E-state index in [1.54, 1.807) is 0 Å². The fourth-order valence-corrected chi connectivity index (χ4v) is 0.861. The average Bonchev–Trinajstić information content (AvgIpc) is 1.87. The van der Waals surface area contributed by atoms with E-state index in [2.05, 4.69) is 27.6 Å². The minimum absolute atomic E-state index is 0.861. The summed E-state index contributed by atoms with van der Waals surface area (Å²) in [5.74, 6) is 0. The molecule has 0 saturated heterocycles. The van der Waals surface area contributed by atoms with Crippen molar-refractivity contribution in [1.82, 2.24) is 4.90 Å². The van der Waals surface area contributed by atoms with Gasteiger partial charge in [0.05, 0.1) is 4.62 Å². The predicted molar refractivity (Wildman–Crippen MR) is 32.2 cm³/mol. The van der Waals surface area contributed by atoms with Crippen LogP contribution in [0.2, 0.25) is 0 Å². The number of hydrogen-bond acceptors (Lipinski definition) is 2. The molecule has 0 spiro atoms. The monoisotopic (exact) mass is 160 g/mol. The van der Waals surface area contributed by atoms with Crippen molar-refractivity contribution in [2.75, 3.05) is 13.6 Å². The van der Waals surface area contributed by atoms with E-state index in [9.17, 15) is 0 Å². The van der Waals surface area contributed by atoms with Gasteiger partial charge in [0.15, 0.2) is 6.67 Å². The Balaban J connectivity index is 2.42. The maximum Gasteiger partial charge on any atom is 0.199 e. The third-order valence-electron chi connectivity index (χ3n) is 0.710. The van der Waals surface area contributed by atoms with E-state index in [1.165, 1.54) is 0 Å². The van der Waals surface area contributed by atoms with Crippen LogP contribution < -0.4 is 0 Å². The summed E-state index contributed by atoms with van der Waals surface area (Å²) in [6, 6.07) is 0. The molecule has 2 nitrogen and oxygen atoms in total. The third-order valence-corrected chi connectivity index (χ3v) is 1.14. The highest BCUT2D eigenvalue weighted by atomic mass is 79.9. The molecule has 0 amide bonds. The van der Waals surface area contributed by atoms with Crippen molar-refractivity contribution in [2.24, 2.45) is 4.99 Å². The lowest BCUT2D eigenvalue weighted by Crippen LogP contribution is -2.11. The van der Waals surface area contributed by atoms with Crippen LogP contribution in [0.4, 0.5) is 0 Å². The van der Waals surface area contributed by atoms with Crippen LogP contribution in [-0.2, 0) is 0 Å². The van der Waals surface area contributed by atoms with Crippen LogP contribution in [0.15, 0.2) is 4.99 Å². The average molecular weight is 161 g/mol. The highest BCUT2D eigenvalue weighted by Crippen LogP contribution is 2.04. The van der Waals surface area contributed by atoms with Crippen molar-refractivity contribution < 1.29 is 0 Å². The van der Waals surface area contributed by atoms with Crippen LogP contribution in [0.5, 0.6) is 0 Å². The van der Waals surface area contributed by atoms with Gasteiger partial charge in [-0.3, -0.25) is 4.90 Å². The summed E-state index contributed by atoms with van der Waals surface area (Å²) in [5, 5.41) is 0. The Morgan fingerprint density at radius 3 is 2.86 bits per heavy atom. The normalized spacial score (nSPS) is 22.9. The van der Waals surface area contributed by atoms with E-state index in [4.69, 9.17) is 0 Å². The second-order valence-corrected chi connectivity index (χ2v) is 2.36. The molecule has 1 heterocycles. The summed E-state index contributed by atoms with van der Waals surface area (Å²) in [6.07, 6.45) is 0. The third kappa shape index (κ3) is 1.24. The minimum Gasteiger partial charge on any atom is -0.269 e. The van der Waals surface area contributed by atoms with Gasteiger partial charge in [-0.15, -0.1) is 0 Å². The number of nitrogens with zero attached hydrogens (tertiary/aromatic N) is 2. The Kier molecular flexibility index (Phi) is 1.44. The van der Waals surface area contributed by atoms with Crippen LogP contribution in [0.25, 0.3) is 0 Å². The van der Waals surface area contributed by atoms with Crippen molar-refractivity contribution in [1.29, 1.82) is 0 Å². The van der Waals surface area contributed by atoms with Crippen LogP contribution >= 0.6 is 15.9 Å². The maximum atomic E-state index is 3.83. The summed E-state index contributed by atoms with van der Waals surface area (Å²) in [6.45, 7) is 3.60. The van der Waals surface area contributed by atoms with Gasteiger partial charge in [-0.25, -0.2) is 4.99 Å². The van der Waals surface area contributed by atoms with E-state index in [0.717, 1.165) is 11.2 Å². The molecule has 0 saturated carbocycles. The number of hydrogen-bond donors (Lipinski definition) is 0. The van der Waals surface area contributed by atoms with E-state index < -0.39 is 0 Å². The number of halogens is 1. The van der Waals surface area contributed by atoms with Crippen LogP contribution in [-0.4, -0.2) is 23.1 Å². The van der Waals surface area contributed by atoms with Crippen molar-refractivity contribution in [3.8, 4) is 0 Å². The topological polar surface area (TPSA) is 15.6 Å². The van der Waals surface area contributed by atoms with Gasteiger partial charge in [-0.1, -0.05) is 0 Å². The minimum atomic E-state index is 0.861. The predicted octanol–water partition coefficient (Wildman–Crippen LogP) is 0.721. The Morgan fingerprint density at radius 2 is 2.71 bits per heavy atom. The van der Waals surface area contributed by atoms with Crippen molar-refractivity contribution in [2.45, 2.75) is 0 Å². The van der Waals surface area contributed by atoms with Gasteiger partial charge < -0.3 is 0 Å². The fourth-order valence-electron chi connectivity index (χ4n) is 0.406. The molecular formula is C4H5BrN2. The Bertz CT molecular complexity index is 99.9. The Morgan fingerprint density at radius 1 is 2.00 bits per heavy atom. The van der Waals surface area contributed by atoms with Crippen molar-refractivity contribution in [3.05, 3.63) is 6.67 Å². The van der Waals surface area contributed by atoms with E-state index >= 15 is 0 Å².